The molecule has 3 fully saturated rings. The van der Waals surface area contributed by atoms with Gasteiger partial charge in [-0.2, -0.15) is 0 Å². The van der Waals surface area contributed by atoms with Crippen molar-refractivity contribution in [3.8, 4) is 0 Å². The first-order chi connectivity index (χ1) is 13.6. The van der Waals surface area contributed by atoms with Gasteiger partial charge >= 0.3 is 6.03 Å². The van der Waals surface area contributed by atoms with Crippen LogP contribution in [-0.2, 0) is 16.0 Å². The molecule has 0 radical (unpaired) electrons. The van der Waals surface area contributed by atoms with Crippen molar-refractivity contribution in [2.24, 2.45) is 5.92 Å². The Morgan fingerprint density at radius 1 is 1.11 bits per heavy atom. The Kier molecular flexibility index (Phi) is 5.58. The van der Waals surface area contributed by atoms with Crippen LogP contribution in [0.2, 0.25) is 0 Å². The second kappa shape index (κ2) is 8.11. The molecule has 1 saturated carbocycles. The summed E-state index contributed by atoms with van der Waals surface area (Å²) in [5, 5.41) is 6.02. The molecule has 0 unspecified atom stereocenters. The van der Waals surface area contributed by atoms with Crippen molar-refractivity contribution in [1.82, 2.24) is 10.2 Å². The van der Waals surface area contributed by atoms with E-state index in [4.69, 9.17) is 4.74 Å². The van der Waals surface area contributed by atoms with Crippen LogP contribution in [0.25, 0.3) is 0 Å². The molecule has 4 rings (SSSR count). The lowest BCUT2D eigenvalue weighted by Gasteiger charge is -2.39. The predicted molar refractivity (Wildman–Crippen MR) is 108 cm³/mol. The minimum Gasteiger partial charge on any atom is -0.362 e. The Morgan fingerprint density at radius 2 is 1.82 bits per heavy atom. The third-order valence-electron chi connectivity index (χ3n) is 6.38. The van der Waals surface area contributed by atoms with Crippen LogP contribution in [0.4, 0.5) is 10.5 Å². The number of likely N-dealkylation sites (tertiary alicyclic amines) is 1. The van der Waals surface area contributed by atoms with Gasteiger partial charge in [0.15, 0.2) is 0 Å². The number of urea groups is 1. The van der Waals surface area contributed by atoms with E-state index in [-0.39, 0.29) is 23.6 Å². The summed E-state index contributed by atoms with van der Waals surface area (Å²) in [5.74, 6) is 0.721. The zero-order valence-corrected chi connectivity index (χ0v) is 16.7. The molecular formula is C22H31N3O3. The van der Waals surface area contributed by atoms with E-state index in [0.717, 1.165) is 44.3 Å². The van der Waals surface area contributed by atoms with Gasteiger partial charge in [-0.1, -0.05) is 19.1 Å². The van der Waals surface area contributed by atoms with Crippen LogP contribution in [0.1, 0.15) is 51.0 Å². The lowest BCUT2D eigenvalue weighted by molar-refractivity contribution is -0.140. The summed E-state index contributed by atoms with van der Waals surface area (Å²) >= 11 is 0. The SMILES string of the molecule is CCc1ccc(NC(=O)N2CCC3(CC[C@H](C(=O)NCC4CC4)O3)CC2)cc1. The zero-order valence-electron chi connectivity index (χ0n) is 16.7. The first-order valence-electron chi connectivity index (χ1n) is 10.7. The highest BCUT2D eigenvalue weighted by Gasteiger charge is 2.45. The summed E-state index contributed by atoms with van der Waals surface area (Å²) in [6.45, 7) is 4.23. The second-order valence-electron chi connectivity index (χ2n) is 8.48. The van der Waals surface area contributed by atoms with Crippen molar-refractivity contribution >= 4 is 17.6 Å². The molecule has 1 aromatic rings. The summed E-state index contributed by atoms with van der Waals surface area (Å²) < 4.78 is 6.21. The monoisotopic (exact) mass is 385 g/mol. The summed E-state index contributed by atoms with van der Waals surface area (Å²) in [6.07, 6.45) is 6.41. The van der Waals surface area contributed by atoms with Gasteiger partial charge in [0.25, 0.3) is 0 Å². The molecule has 0 aromatic heterocycles. The van der Waals surface area contributed by atoms with Crippen molar-refractivity contribution in [3.63, 3.8) is 0 Å². The number of rotatable bonds is 5. The Bertz CT molecular complexity index is 706. The van der Waals surface area contributed by atoms with Crippen LogP contribution >= 0.6 is 0 Å². The van der Waals surface area contributed by atoms with E-state index in [0.29, 0.717) is 19.0 Å². The molecule has 0 bridgehead atoms. The third kappa shape index (κ3) is 4.49. The van der Waals surface area contributed by atoms with E-state index in [1.54, 1.807) is 0 Å². The maximum Gasteiger partial charge on any atom is 0.321 e. The van der Waals surface area contributed by atoms with Gasteiger partial charge in [0.05, 0.1) is 5.60 Å². The molecule has 1 aromatic carbocycles. The van der Waals surface area contributed by atoms with E-state index in [1.165, 1.54) is 18.4 Å². The maximum absolute atomic E-state index is 12.6. The highest BCUT2D eigenvalue weighted by atomic mass is 16.5. The number of benzene rings is 1. The molecule has 2 heterocycles. The van der Waals surface area contributed by atoms with Crippen molar-refractivity contribution in [2.75, 3.05) is 25.0 Å². The minimum atomic E-state index is -0.323. The molecule has 2 N–H and O–H groups in total. The van der Waals surface area contributed by atoms with Gasteiger partial charge in [-0.25, -0.2) is 4.79 Å². The van der Waals surface area contributed by atoms with E-state index in [9.17, 15) is 9.59 Å². The summed E-state index contributed by atoms with van der Waals surface area (Å²) in [5.41, 5.74) is 1.85. The molecule has 6 nitrogen and oxygen atoms in total. The number of hydrogen-bond acceptors (Lipinski definition) is 3. The number of nitrogens with zero attached hydrogens (tertiary/aromatic N) is 1. The topological polar surface area (TPSA) is 70.7 Å². The van der Waals surface area contributed by atoms with Crippen LogP contribution in [-0.4, -0.2) is 48.2 Å². The molecule has 2 aliphatic heterocycles. The highest BCUT2D eigenvalue weighted by molar-refractivity contribution is 5.89. The minimum absolute atomic E-state index is 0.0412. The van der Waals surface area contributed by atoms with Crippen molar-refractivity contribution in [1.29, 1.82) is 0 Å². The summed E-state index contributed by atoms with van der Waals surface area (Å²) in [7, 11) is 0. The first kappa shape index (κ1) is 19.2. The lowest BCUT2D eigenvalue weighted by Crippen LogP contribution is -2.48. The number of nitrogens with one attached hydrogen (secondary N) is 2. The van der Waals surface area contributed by atoms with E-state index < -0.39 is 0 Å². The highest BCUT2D eigenvalue weighted by Crippen LogP contribution is 2.39. The van der Waals surface area contributed by atoms with E-state index >= 15 is 0 Å². The quantitative estimate of drug-likeness (QED) is 0.817. The fourth-order valence-electron chi connectivity index (χ4n) is 4.19. The van der Waals surface area contributed by atoms with Crippen LogP contribution < -0.4 is 10.6 Å². The lowest BCUT2D eigenvalue weighted by atomic mass is 9.88. The number of carbonyl (C=O) groups excluding carboxylic acids is 2. The average Bonchev–Trinajstić information content (AvgIpc) is 3.47. The molecule has 152 valence electrons. The molecule has 1 aliphatic carbocycles. The van der Waals surface area contributed by atoms with Gasteiger partial charge < -0.3 is 20.3 Å². The number of anilines is 1. The fourth-order valence-corrected chi connectivity index (χ4v) is 4.19. The standard InChI is InChI=1S/C22H31N3O3/c1-2-16-5-7-18(8-6-16)24-21(27)25-13-11-22(12-14-25)10-9-19(28-22)20(26)23-15-17-3-4-17/h5-8,17,19H,2-4,9-15H2,1H3,(H,23,26)(H,24,27)/t19-/m1/s1. The number of hydrogen-bond donors (Lipinski definition) is 2. The fraction of sp³-hybridized carbons (Fsp3) is 0.636. The average molecular weight is 386 g/mol. The maximum atomic E-state index is 12.6. The zero-order chi connectivity index (χ0) is 19.6. The van der Waals surface area contributed by atoms with E-state index in [1.807, 2.05) is 29.2 Å². The summed E-state index contributed by atoms with van der Waals surface area (Å²) in [6, 6.07) is 7.93. The molecule has 3 amide bonds. The normalized spacial score (nSPS) is 23.6. The molecule has 1 spiro atoms. The third-order valence-corrected chi connectivity index (χ3v) is 6.38. The molecule has 1 atom stereocenters. The number of ether oxygens (including phenoxy) is 1. The van der Waals surface area contributed by atoms with Crippen LogP contribution in [0, 0.1) is 5.92 Å². The first-order valence-corrected chi connectivity index (χ1v) is 10.7. The van der Waals surface area contributed by atoms with Crippen LogP contribution in [0.3, 0.4) is 0 Å². The van der Waals surface area contributed by atoms with Crippen LogP contribution in [0.15, 0.2) is 24.3 Å². The number of amides is 3. The molecule has 28 heavy (non-hydrogen) atoms. The summed E-state index contributed by atoms with van der Waals surface area (Å²) in [4.78, 5) is 26.7. The number of piperidine rings is 1. The Labute approximate surface area is 167 Å². The molecule has 2 saturated heterocycles. The van der Waals surface area contributed by atoms with Gasteiger partial charge in [-0.05, 0) is 68.6 Å². The molecule has 3 aliphatic rings. The van der Waals surface area contributed by atoms with Gasteiger partial charge in [0, 0.05) is 25.3 Å². The molecule has 6 heteroatoms. The molecular weight excluding hydrogens is 354 g/mol. The van der Waals surface area contributed by atoms with Crippen molar-refractivity contribution in [2.45, 2.75) is 63.6 Å². The number of carbonyl (C=O) groups is 2. The Hall–Kier alpha value is -2.08. The van der Waals surface area contributed by atoms with Gasteiger partial charge in [-0.15, -0.1) is 0 Å². The van der Waals surface area contributed by atoms with Gasteiger partial charge in [-0.3, -0.25) is 4.79 Å². The van der Waals surface area contributed by atoms with Crippen LogP contribution in [0.5, 0.6) is 0 Å². The number of aryl methyl sites for hydroxylation is 1. The Morgan fingerprint density at radius 3 is 2.46 bits per heavy atom. The predicted octanol–water partition coefficient (Wildman–Crippen LogP) is 3.32. The van der Waals surface area contributed by atoms with Crippen molar-refractivity contribution < 1.29 is 14.3 Å². The largest absolute Gasteiger partial charge is 0.362 e. The Balaban J connectivity index is 1.24. The van der Waals surface area contributed by atoms with E-state index in [2.05, 4.69) is 17.6 Å². The second-order valence-corrected chi connectivity index (χ2v) is 8.48. The smallest absolute Gasteiger partial charge is 0.321 e. The van der Waals surface area contributed by atoms with Gasteiger partial charge in [0.2, 0.25) is 5.91 Å². The van der Waals surface area contributed by atoms with Gasteiger partial charge in [0.1, 0.15) is 6.10 Å². The van der Waals surface area contributed by atoms with Crippen molar-refractivity contribution in [3.05, 3.63) is 29.8 Å².